The number of carbonyl (C=O) groups is 3. The van der Waals surface area contributed by atoms with Crippen molar-refractivity contribution in [2.45, 2.75) is 50.6 Å². The lowest BCUT2D eigenvalue weighted by Gasteiger charge is -2.37. The quantitative estimate of drug-likeness (QED) is 0.262. The number of nitrogens with one attached hydrogen (secondary N) is 3. The second-order valence-electron chi connectivity index (χ2n) is 7.39. The number of aromatic nitrogens is 1. The summed E-state index contributed by atoms with van der Waals surface area (Å²) < 4.78 is 4.60. The van der Waals surface area contributed by atoms with Gasteiger partial charge in [-0.15, -0.1) is 0 Å². The average Bonchev–Trinajstić information content (AvgIpc) is 2.80. The summed E-state index contributed by atoms with van der Waals surface area (Å²) in [5, 5.41) is 17.9. The Bertz CT molecular complexity index is 840. The summed E-state index contributed by atoms with van der Waals surface area (Å²) in [6.07, 6.45) is 6.50. The van der Waals surface area contributed by atoms with Crippen molar-refractivity contribution in [2.24, 2.45) is 0 Å². The molecule has 0 spiro atoms. The van der Waals surface area contributed by atoms with Crippen molar-refractivity contribution in [1.82, 2.24) is 20.9 Å². The maximum atomic E-state index is 13.0. The van der Waals surface area contributed by atoms with Crippen molar-refractivity contribution in [3.05, 3.63) is 29.6 Å². The minimum absolute atomic E-state index is 0.291. The zero-order valence-corrected chi connectivity index (χ0v) is 18.0. The third-order valence-electron chi connectivity index (χ3n) is 5.11. The van der Waals surface area contributed by atoms with Crippen LogP contribution in [0.5, 0.6) is 0 Å². The second-order valence-corrected chi connectivity index (χ2v) is 7.39. The Morgan fingerprint density at radius 2 is 2.06 bits per heavy atom. The molecule has 1 saturated heterocycles. The molecule has 2 rings (SSSR count). The number of esters is 1. The van der Waals surface area contributed by atoms with Gasteiger partial charge in [0.05, 0.1) is 19.3 Å². The number of hydrogen-bond donors (Lipinski definition) is 4. The van der Waals surface area contributed by atoms with Gasteiger partial charge in [0, 0.05) is 24.4 Å². The summed E-state index contributed by atoms with van der Waals surface area (Å²) >= 11 is 0. The number of amides is 2. The number of aliphatic hydroxyl groups is 1. The van der Waals surface area contributed by atoms with E-state index in [1.807, 2.05) is 0 Å². The van der Waals surface area contributed by atoms with Gasteiger partial charge >= 0.3 is 5.97 Å². The van der Waals surface area contributed by atoms with E-state index in [0.29, 0.717) is 37.1 Å². The molecule has 1 aliphatic rings. The Morgan fingerprint density at radius 3 is 2.71 bits per heavy atom. The van der Waals surface area contributed by atoms with Crippen molar-refractivity contribution in [3.8, 4) is 11.8 Å². The number of rotatable bonds is 8. The number of hydrogen-bond acceptors (Lipinski definition) is 7. The normalized spacial score (nSPS) is 15.7. The Kier molecular flexibility index (Phi) is 9.43. The van der Waals surface area contributed by atoms with Gasteiger partial charge in [-0.3, -0.25) is 14.6 Å². The molecule has 9 nitrogen and oxygen atoms in total. The fourth-order valence-corrected chi connectivity index (χ4v) is 3.23. The lowest BCUT2D eigenvalue weighted by Crippen LogP contribution is -2.65. The van der Waals surface area contributed by atoms with Gasteiger partial charge in [0.25, 0.3) is 5.91 Å². The first-order valence-corrected chi connectivity index (χ1v) is 10.4. The third kappa shape index (κ3) is 6.77. The van der Waals surface area contributed by atoms with Gasteiger partial charge in [-0.25, -0.2) is 4.79 Å². The van der Waals surface area contributed by atoms with Gasteiger partial charge in [0.2, 0.25) is 5.91 Å². The highest BCUT2D eigenvalue weighted by Crippen LogP contribution is 2.20. The van der Waals surface area contributed by atoms with Crippen LogP contribution in [0.1, 0.15) is 54.9 Å². The Balaban J connectivity index is 2.18. The first-order chi connectivity index (χ1) is 15.0. The van der Waals surface area contributed by atoms with Gasteiger partial charge in [0.1, 0.15) is 5.54 Å². The van der Waals surface area contributed by atoms with Crippen LogP contribution >= 0.6 is 0 Å². The Morgan fingerprint density at radius 1 is 1.32 bits per heavy atom. The summed E-state index contributed by atoms with van der Waals surface area (Å²) in [6, 6.07) is 0.434. The van der Waals surface area contributed by atoms with Crippen molar-refractivity contribution >= 4 is 17.8 Å². The minimum atomic E-state index is -1.23. The molecular formula is C22H30N4O5. The number of methoxy groups -OCH3 is 1. The van der Waals surface area contributed by atoms with E-state index < -0.39 is 36.0 Å². The fraction of sp³-hybridized carbons (Fsp3) is 0.545. The maximum absolute atomic E-state index is 13.0. The number of aliphatic hydroxyl groups excluding tert-OH is 1. The van der Waals surface area contributed by atoms with E-state index in [4.69, 9.17) is 0 Å². The predicted molar refractivity (Wildman–Crippen MR) is 114 cm³/mol. The van der Waals surface area contributed by atoms with Crippen molar-refractivity contribution < 1.29 is 24.2 Å². The molecule has 1 aromatic heterocycles. The van der Waals surface area contributed by atoms with E-state index in [1.54, 1.807) is 12.3 Å². The van der Waals surface area contributed by atoms with Gasteiger partial charge in [-0.2, -0.15) is 0 Å². The molecule has 168 valence electrons. The van der Waals surface area contributed by atoms with Gasteiger partial charge in [0.15, 0.2) is 6.04 Å². The largest absolute Gasteiger partial charge is 0.467 e. The van der Waals surface area contributed by atoms with Crippen LogP contribution in [0.2, 0.25) is 0 Å². The molecule has 0 saturated carbocycles. The molecule has 1 fully saturated rings. The number of piperidine rings is 1. The third-order valence-corrected chi connectivity index (χ3v) is 5.11. The van der Waals surface area contributed by atoms with Crippen molar-refractivity contribution in [2.75, 3.05) is 26.8 Å². The minimum Gasteiger partial charge on any atom is -0.467 e. The van der Waals surface area contributed by atoms with E-state index >= 15 is 0 Å². The first kappa shape index (κ1) is 24.3. The molecule has 31 heavy (non-hydrogen) atoms. The molecular weight excluding hydrogens is 400 g/mol. The van der Waals surface area contributed by atoms with Crippen LogP contribution < -0.4 is 16.0 Å². The van der Waals surface area contributed by atoms with Crippen LogP contribution in [0, 0.1) is 11.8 Å². The smallest absolute Gasteiger partial charge is 0.330 e. The van der Waals surface area contributed by atoms with Crippen LogP contribution in [0.15, 0.2) is 18.5 Å². The van der Waals surface area contributed by atoms with Crippen LogP contribution in [0.4, 0.5) is 0 Å². The molecule has 1 atom stereocenters. The monoisotopic (exact) mass is 430 g/mol. The van der Waals surface area contributed by atoms with Crippen LogP contribution in [0.3, 0.4) is 0 Å². The van der Waals surface area contributed by atoms with Crippen molar-refractivity contribution in [1.29, 1.82) is 0 Å². The number of ether oxygens (including phenoxy) is 1. The van der Waals surface area contributed by atoms with Gasteiger partial charge in [-0.05, 0) is 38.4 Å². The second kappa shape index (κ2) is 12.0. The zero-order chi connectivity index (χ0) is 22.7. The summed E-state index contributed by atoms with van der Waals surface area (Å²) in [5.41, 5.74) is -0.315. The average molecular weight is 431 g/mol. The molecule has 4 N–H and O–H groups in total. The van der Waals surface area contributed by atoms with E-state index in [-0.39, 0.29) is 0 Å². The molecule has 1 aromatic rings. The summed E-state index contributed by atoms with van der Waals surface area (Å²) in [4.78, 5) is 41.8. The number of pyridine rings is 1. The van der Waals surface area contributed by atoms with Crippen LogP contribution in [-0.4, -0.2) is 66.3 Å². The summed E-state index contributed by atoms with van der Waals surface area (Å²) in [6.45, 7) is 2.51. The van der Waals surface area contributed by atoms with Crippen LogP contribution in [-0.2, 0) is 14.3 Å². The SMILES string of the molecule is CCCCC#Cc1cncc(C(=O)NC2(C(=O)NC(CO)C(=O)OC)CCNCC2)c1. The van der Waals surface area contributed by atoms with Crippen molar-refractivity contribution in [3.63, 3.8) is 0 Å². The van der Waals surface area contributed by atoms with E-state index in [9.17, 15) is 19.5 Å². The number of unbranched alkanes of at least 4 members (excludes halogenated alkanes) is 2. The number of nitrogens with zero attached hydrogens (tertiary/aromatic N) is 1. The maximum Gasteiger partial charge on any atom is 0.330 e. The van der Waals surface area contributed by atoms with E-state index in [0.717, 1.165) is 19.3 Å². The van der Waals surface area contributed by atoms with Gasteiger partial charge < -0.3 is 25.8 Å². The summed E-state index contributed by atoms with van der Waals surface area (Å²) in [7, 11) is 1.17. The molecule has 1 unspecified atom stereocenters. The molecule has 0 aliphatic carbocycles. The van der Waals surface area contributed by atoms with Gasteiger partial charge in [-0.1, -0.05) is 25.2 Å². The standard InChI is InChI=1S/C22H30N4O5/c1-3-4-5-6-7-16-12-17(14-24-13-16)19(28)26-22(8-10-23-11-9-22)21(30)25-18(15-27)20(29)31-2/h12-14,18,23,27H,3-5,8-11,15H2,1-2H3,(H,25,30)(H,26,28). The molecule has 2 amide bonds. The predicted octanol–water partition coefficient (Wildman–Crippen LogP) is 0.125. The molecule has 1 aliphatic heterocycles. The lowest BCUT2D eigenvalue weighted by molar-refractivity contribution is -0.147. The lowest BCUT2D eigenvalue weighted by atomic mass is 9.86. The summed E-state index contributed by atoms with van der Waals surface area (Å²) in [5.74, 6) is 4.30. The highest BCUT2D eigenvalue weighted by atomic mass is 16.5. The van der Waals surface area contributed by atoms with Crippen LogP contribution in [0.25, 0.3) is 0 Å². The first-order valence-electron chi connectivity index (χ1n) is 10.4. The van der Waals surface area contributed by atoms with E-state index in [2.05, 4.69) is 44.4 Å². The highest BCUT2D eigenvalue weighted by Gasteiger charge is 2.42. The molecule has 0 aromatic carbocycles. The molecule has 0 bridgehead atoms. The molecule has 9 heteroatoms. The molecule has 2 heterocycles. The zero-order valence-electron chi connectivity index (χ0n) is 18.0. The Hall–Kier alpha value is -2.96. The molecule has 0 radical (unpaired) electrons. The Labute approximate surface area is 182 Å². The van der Waals surface area contributed by atoms with E-state index in [1.165, 1.54) is 13.3 Å². The topological polar surface area (TPSA) is 130 Å². The number of carbonyl (C=O) groups excluding carboxylic acids is 3. The fourth-order valence-electron chi connectivity index (χ4n) is 3.23. The highest BCUT2D eigenvalue weighted by molar-refractivity contribution is 6.00.